The molecule has 0 unspecified atom stereocenters. The van der Waals surface area contributed by atoms with Gasteiger partial charge in [0.2, 0.25) is 0 Å². The van der Waals surface area contributed by atoms with E-state index in [1.54, 1.807) is 0 Å². The predicted octanol–water partition coefficient (Wildman–Crippen LogP) is 10.7. The second kappa shape index (κ2) is 8.28. The van der Waals surface area contributed by atoms with E-state index in [0.29, 0.717) is 0 Å². The molecule has 11 rings (SSSR count). The average Bonchev–Trinajstić information content (AvgIpc) is 3.81. The van der Waals surface area contributed by atoms with Crippen molar-refractivity contribution >= 4 is 21.8 Å². The summed E-state index contributed by atoms with van der Waals surface area (Å²) < 4.78 is 2.51. The van der Waals surface area contributed by atoms with Crippen LogP contribution in [0.1, 0.15) is 33.4 Å². The maximum Gasteiger partial charge on any atom is 0.0726 e. The Morgan fingerprint density at radius 1 is 0.378 bits per heavy atom. The molecule has 7 aromatic carbocycles. The molecule has 0 radical (unpaired) electrons. The lowest BCUT2D eigenvalue weighted by Crippen LogP contribution is -2.25. The molecule has 0 amide bonds. The Labute approximate surface area is 261 Å². The lowest BCUT2D eigenvalue weighted by Gasteiger charge is -2.30. The summed E-state index contributed by atoms with van der Waals surface area (Å²) in [5, 5.41) is 2.60. The molecule has 0 bridgehead atoms. The van der Waals surface area contributed by atoms with Crippen LogP contribution in [-0.2, 0) is 11.8 Å². The van der Waals surface area contributed by atoms with Crippen LogP contribution >= 0.6 is 0 Å². The van der Waals surface area contributed by atoms with Crippen molar-refractivity contribution in [2.75, 3.05) is 0 Å². The average molecular weight is 570 g/mol. The molecule has 208 valence electrons. The van der Waals surface area contributed by atoms with Crippen LogP contribution in [-0.4, -0.2) is 4.57 Å². The number of hydrogen-bond acceptors (Lipinski definition) is 0. The first-order valence-electron chi connectivity index (χ1n) is 15.9. The largest absolute Gasteiger partial charge is 0.309 e. The summed E-state index contributed by atoms with van der Waals surface area (Å²) in [6, 6.07) is 57.2. The molecule has 0 fully saturated rings. The van der Waals surface area contributed by atoms with Gasteiger partial charge < -0.3 is 4.57 Å². The van der Waals surface area contributed by atoms with Gasteiger partial charge in [-0.3, -0.25) is 0 Å². The zero-order valence-corrected chi connectivity index (χ0v) is 24.6. The molecule has 1 heteroatoms. The number of nitrogens with zero attached hydrogens (tertiary/aromatic N) is 1. The van der Waals surface area contributed by atoms with Crippen molar-refractivity contribution in [1.29, 1.82) is 0 Å². The Kier molecular flexibility index (Phi) is 4.37. The van der Waals surface area contributed by atoms with Crippen LogP contribution in [0, 0.1) is 0 Å². The van der Waals surface area contributed by atoms with Crippen molar-refractivity contribution in [3.05, 3.63) is 185 Å². The van der Waals surface area contributed by atoms with Crippen LogP contribution in [0.15, 0.2) is 152 Å². The van der Waals surface area contributed by atoms with Crippen molar-refractivity contribution in [3.8, 4) is 39.1 Å². The monoisotopic (exact) mass is 569 g/mol. The first-order valence-corrected chi connectivity index (χ1v) is 15.9. The highest BCUT2D eigenvalue weighted by Crippen LogP contribution is 2.63. The van der Waals surface area contributed by atoms with Crippen molar-refractivity contribution < 1.29 is 0 Å². The minimum absolute atomic E-state index is 0.356. The van der Waals surface area contributed by atoms with Gasteiger partial charge in [-0.05, 0) is 104 Å². The minimum atomic E-state index is -0.356. The van der Waals surface area contributed by atoms with Crippen LogP contribution in [0.5, 0.6) is 0 Å². The van der Waals surface area contributed by atoms with Crippen LogP contribution < -0.4 is 0 Å². The molecule has 0 aliphatic heterocycles. The summed E-state index contributed by atoms with van der Waals surface area (Å²) in [4.78, 5) is 0. The van der Waals surface area contributed by atoms with Gasteiger partial charge in [0, 0.05) is 16.5 Å². The fraction of sp³-hybridized carbons (Fsp3) is 0.0455. The fourth-order valence-electron chi connectivity index (χ4n) is 9.08. The van der Waals surface area contributed by atoms with Crippen molar-refractivity contribution in [2.45, 2.75) is 11.8 Å². The van der Waals surface area contributed by atoms with E-state index in [-0.39, 0.29) is 5.41 Å². The molecular formula is C44H27N. The maximum atomic E-state index is 2.53. The molecular weight excluding hydrogens is 542 g/mol. The van der Waals surface area contributed by atoms with E-state index in [1.807, 2.05) is 0 Å². The van der Waals surface area contributed by atoms with Gasteiger partial charge in [-0.25, -0.2) is 0 Å². The van der Waals surface area contributed by atoms with Gasteiger partial charge in [0.25, 0.3) is 0 Å². The third kappa shape index (κ3) is 2.81. The van der Waals surface area contributed by atoms with Gasteiger partial charge in [0.05, 0.1) is 16.4 Å². The summed E-state index contributed by atoms with van der Waals surface area (Å²) in [7, 11) is 0. The van der Waals surface area contributed by atoms with E-state index in [2.05, 4.69) is 156 Å². The molecule has 0 saturated carbocycles. The zero-order chi connectivity index (χ0) is 29.3. The predicted molar refractivity (Wildman–Crippen MR) is 185 cm³/mol. The smallest absolute Gasteiger partial charge is 0.0726 e. The maximum absolute atomic E-state index is 2.53. The van der Waals surface area contributed by atoms with E-state index in [1.165, 1.54) is 94.3 Å². The van der Waals surface area contributed by atoms with Gasteiger partial charge in [-0.2, -0.15) is 0 Å². The summed E-state index contributed by atoms with van der Waals surface area (Å²) in [5.41, 5.74) is 19.8. The van der Waals surface area contributed by atoms with E-state index >= 15 is 0 Å². The Bertz CT molecular complexity index is 2530. The lowest BCUT2D eigenvalue weighted by atomic mass is 9.70. The topological polar surface area (TPSA) is 4.93 Å². The van der Waals surface area contributed by atoms with Gasteiger partial charge in [0.15, 0.2) is 0 Å². The molecule has 3 aliphatic rings. The number of fused-ring (bicyclic) bond motifs is 16. The molecule has 1 spiro atoms. The van der Waals surface area contributed by atoms with Gasteiger partial charge in [0.1, 0.15) is 0 Å². The molecule has 1 heterocycles. The van der Waals surface area contributed by atoms with E-state index in [9.17, 15) is 0 Å². The number of aromatic nitrogens is 1. The SMILES string of the molecule is c1ccc2c(c1)Cc1ccc(-n3c4ccccc4c4cc5c(cc43)C3(c4ccccc4-c4ccccc43)c3ccccc3-5)cc1-2. The Morgan fingerprint density at radius 3 is 1.69 bits per heavy atom. The first kappa shape index (κ1) is 23.8. The minimum Gasteiger partial charge on any atom is -0.309 e. The first-order chi connectivity index (χ1) is 22.3. The van der Waals surface area contributed by atoms with Crippen molar-refractivity contribution in [1.82, 2.24) is 4.57 Å². The van der Waals surface area contributed by atoms with Crippen LogP contribution in [0.3, 0.4) is 0 Å². The highest BCUT2D eigenvalue weighted by atomic mass is 15.0. The Hall–Kier alpha value is -5.66. The standard InChI is InChI=1S/C44H27N/c1-2-12-30-27(11-1)23-28-21-22-29(24-35(28)30)45-42-20-10-6-16-34(42)37-25-36-33-15-5-9-19-40(33)44(41(36)26-43(37)45)38-17-7-3-13-31(38)32-14-4-8-18-39(32)44/h1-22,24-26H,23H2. The molecule has 8 aromatic rings. The lowest BCUT2D eigenvalue weighted by molar-refractivity contribution is 0.794. The molecule has 0 atom stereocenters. The quantitative estimate of drug-likeness (QED) is 0.185. The van der Waals surface area contributed by atoms with Crippen LogP contribution in [0.4, 0.5) is 0 Å². The number of hydrogen-bond donors (Lipinski definition) is 0. The van der Waals surface area contributed by atoms with Crippen molar-refractivity contribution in [2.24, 2.45) is 0 Å². The number of para-hydroxylation sites is 1. The molecule has 0 N–H and O–H groups in total. The normalized spacial score (nSPS) is 14.3. The second-order valence-corrected chi connectivity index (χ2v) is 12.8. The third-order valence-corrected chi connectivity index (χ3v) is 10.8. The molecule has 3 aliphatic carbocycles. The Balaban J connectivity index is 1.27. The zero-order valence-electron chi connectivity index (χ0n) is 24.6. The van der Waals surface area contributed by atoms with Gasteiger partial charge >= 0.3 is 0 Å². The van der Waals surface area contributed by atoms with Crippen LogP contribution in [0.2, 0.25) is 0 Å². The van der Waals surface area contributed by atoms with E-state index < -0.39 is 0 Å². The van der Waals surface area contributed by atoms with E-state index in [0.717, 1.165) is 6.42 Å². The van der Waals surface area contributed by atoms with E-state index in [4.69, 9.17) is 0 Å². The van der Waals surface area contributed by atoms with Gasteiger partial charge in [-0.15, -0.1) is 0 Å². The fourth-order valence-corrected chi connectivity index (χ4v) is 9.08. The summed E-state index contributed by atoms with van der Waals surface area (Å²) >= 11 is 0. The molecule has 0 saturated heterocycles. The summed E-state index contributed by atoms with van der Waals surface area (Å²) in [6.45, 7) is 0. The highest BCUT2D eigenvalue weighted by molar-refractivity contribution is 6.12. The molecule has 1 nitrogen and oxygen atoms in total. The Morgan fingerprint density at radius 2 is 0.956 bits per heavy atom. The second-order valence-electron chi connectivity index (χ2n) is 12.8. The summed E-state index contributed by atoms with van der Waals surface area (Å²) in [5.74, 6) is 0. The molecule has 45 heavy (non-hydrogen) atoms. The highest BCUT2D eigenvalue weighted by Gasteiger charge is 2.51. The van der Waals surface area contributed by atoms with Crippen molar-refractivity contribution in [3.63, 3.8) is 0 Å². The van der Waals surface area contributed by atoms with Gasteiger partial charge in [-0.1, -0.05) is 121 Å². The number of benzene rings is 7. The number of rotatable bonds is 1. The van der Waals surface area contributed by atoms with Crippen LogP contribution in [0.25, 0.3) is 60.9 Å². The molecule has 1 aromatic heterocycles. The summed E-state index contributed by atoms with van der Waals surface area (Å²) in [6.07, 6.45) is 1.01. The third-order valence-electron chi connectivity index (χ3n) is 10.8.